The van der Waals surface area contributed by atoms with Crippen molar-refractivity contribution in [3.63, 3.8) is 0 Å². The molecule has 162 valence electrons. The molecule has 2 aliphatic heterocycles. The maximum Gasteiger partial charge on any atom is 0.308 e. The summed E-state index contributed by atoms with van der Waals surface area (Å²) in [7, 11) is 3.30. The van der Waals surface area contributed by atoms with Gasteiger partial charge >= 0.3 is 5.97 Å². The third-order valence-electron chi connectivity index (χ3n) is 5.94. The Hall–Kier alpha value is -1.35. The lowest BCUT2D eigenvalue weighted by molar-refractivity contribution is -0.146. The number of nitrogens with zero attached hydrogens (tertiary/aromatic N) is 3. The van der Waals surface area contributed by atoms with Crippen molar-refractivity contribution in [3.05, 3.63) is 35.4 Å². The molecule has 0 saturated carbocycles. The molecular formula is C22H35IN4O2. The van der Waals surface area contributed by atoms with Crippen molar-refractivity contribution in [2.24, 2.45) is 10.9 Å². The van der Waals surface area contributed by atoms with Gasteiger partial charge in [0.2, 0.25) is 0 Å². The smallest absolute Gasteiger partial charge is 0.308 e. The van der Waals surface area contributed by atoms with Crippen LogP contribution in [0.1, 0.15) is 43.2 Å². The van der Waals surface area contributed by atoms with Gasteiger partial charge in [-0.1, -0.05) is 30.7 Å². The number of piperidine rings is 2. The average Bonchev–Trinajstić information content (AvgIpc) is 2.76. The van der Waals surface area contributed by atoms with Gasteiger partial charge in [0.05, 0.1) is 13.0 Å². The largest absolute Gasteiger partial charge is 0.469 e. The first-order valence-corrected chi connectivity index (χ1v) is 10.5. The number of halogens is 1. The molecule has 2 aliphatic rings. The lowest BCUT2D eigenvalue weighted by Crippen LogP contribution is -2.46. The Labute approximate surface area is 192 Å². The van der Waals surface area contributed by atoms with Gasteiger partial charge in [-0.25, -0.2) is 0 Å². The molecular weight excluding hydrogens is 479 g/mol. The Morgan fingerprint density at radius 2 is 1.76 bits per heavy atom. The van der Waals surface area contributed by atoms with E-state index >= 15 is 0 Å². The number of hydrogen-bond donors (Lipinski definition) is 1. The number of likely N-dealkylation sites (tertiary alicyclic amines) is 2. The van der Waals surface area contributed by atoms with E-state index in [0.717, 1.165) is 45.0 Å². The SMILES string of the molecule is CN=C(NCc1ccccc1CN1CCCCC1)N1CCC(C(=O)OC)CC1.I. The minimum Gasteiger partial charge on any atom is -0.469 e. The number of nitrogens with one attached hydrogen (secondary N) is 1. The topological polar surface area (TPSA) is 57.2 Å². The number of carbonyl (C=O) groups excluding carboxylic acids is 1. The summed E-state index contributed by atoms with van der Waals surface area (Å²) < 4.78 is 4.89. The molecule has 0 amide bonds. The van der Waals surface area contributed by atoms with Crippen LogP contribution in [0.5, 0.6) is 0 Å². The molecule has 1 aromatic rings. The minimum atomic E-state index is -0.0887. The highest BCUT2D eigenvalue weighted by Crippen LogP contribution is 2.19. The molecule has 1 aromatic carbocycles. The van der Waals surface area contributed by atoms with Crippen LogP contribution < -0.4 is 5.32 Å². The second-order valence-corrected chi connectivity index (χ2v) is 7.79. The Kier molecular flexibility index (Phi) is 10.2. The zero-order chi connectivity index (χ0) is 19.8. The lowest BCUT2D eigenvalue weighted by Gasteiger charge is -2.33. The summed E-state index contributed by atoms with van der Waals surface area (Å²) in [5.41, 5.74) is 2.73. The molecule has 29 heavy (non-hydrogen) atoms. The summed E-state index contributed by atoms with van der Waals surface area (Å²) in [6.45, 7) is 5.87. The Morgan fingerprint density at radius 3 is 2.38 bits per heavy atom. The van der Waals surface area contributed by atoms with Gasteiger partial charge in [-0.3, -0.25) is 14.7 Å². The summed E-state index contributed by atoms with van der Waals surface area (Å²) in [6, 6.07) is 8.70. The summed E-state index contributed by atoms with van der Waals surface area (Å²) in [5, 5.41) is 3.53. The van der Waals surface area contributed by atoms with Gasteiger partial charge in [-0.15, -0.1) is 24.0 Å². The monoisotopic (exact) mass is 514 g/mol. The number of methoxy groups -OCH3 is 1. The summed E-state index contributed by atoms with van der Waals surface area (Å²) in [5.74, 6) is 0.843. The predicted molar refractivity (Wildman–Crippen MR) is 127 cm³/mol. The van der Waals surface area contributed by atoms with Crippen molar-refractivity contribution in [3.8, 4) is 0 Å². The predicted octanol–water partition coefficient (Wildman–Crippen LogP) is 3.25. The number of guanidine groups is 1. The van der Waals surface area contributed by atoms with Gasteiger partial charge < -0.3 is 15.0 Å². The van der Waals surface area contributed by atoms with Crippen molar-refractivity contribution in [1.29, 1.82) is 0 Å². The van der Waals surface area contributed by atoms with E-state index in [9.17, 15) is 4.79 Å². The number of esters is 1. The first kappa shape index (κ1) is 23.9. The fraction of sp³-hybridized carbons (Fsp3) is 0.636. The summed E-state index contributed by atoms with van der Waals surface area (Å²) in [6.07, 6.45) is 5.63. The molecule has 0 aromatic heterocycles. The Balaban J connectivity index is 0.00000300. The summed E-state index contributed by atoms with van der Waals surface area (Å²) >= 11 is 0. The third kappa shape index (κ3) is 6.84. The van der Waals surface area contributed by atoms with Crippen LogP contribution in [0.25, 0.3) is 0 Å². The molecule has 0 unspecified atom stereocenters. The van der Waals surface area contributed by atoms with Crippen LogP contribution in [0.3, 0.4) is 0 Å². The first-order valence-electron chi connectivity index (χ1n) is 10.5. The molecule has 0 spiro atoms. The molecule has 0 atom stereocenters. The second-order valence-electron chi connectivity index (χ2n) is 7.79. The zero-order valence-electron chi connectivity index (χ0n) is 17.7. The average molecular weight is 514 g/mol. The third-order valence-corrected chi connectivity index (χ3v) is 5.94. The number of benzene rings is 1. The molecule has 0 radical (unpaired) electrons. The molecule has 0 aliphatic carbocycles. The van der Waals surface area contributed by atoms with E-state index in [0.29, 0.717) is 0 Å². The molecule has 2 fully saturated rings. The Morgan fingerprint density at radius 1 is 1.10 bits per heavy atom. The highest BCUT2D eigenvalue weighted by molar-refractivity contribution is 14.0. The van der Waals surface area contributed by atoms with E-state index in [-0.39, 0.29) is 35.9 Å². The minimum absolute atomic E-state index is 0. The van der Waals surface area contributed by atoms with E-state index in [1.54, 1.807) is 0 Å². The molecule has 6 nitrogen and oxygen atoms in total. The zero-order valence-corrected chi connectivity index (χ0v) is 20.1. The van der Waals surface area contributed by atoms with Crippen molar-refractivity contribution in [1.82, 2.24) is 15.1 Å². The van der Waals surface area contributed by atoms with Crippen molar-refractivity contribution < 1.29 is 9.53 Å². The molecule has 2 heterocycles. The normalized spacial score (nSPS) is 18.8. The van der Waals surface area contributed by atoms with Crippen molar-refractivity contribution >= 4 is 35.9 Å². The van der Waals surface area contributed by atoms with Crippen LogP contribution in [-0.4, -0.2) is 62.1 Å². The number of rotatable bonds is 5. The second kappa shape index (κ2) is 12.4. The van der Waals surface area contributed by atoms with Gasteiger partial charge in [0.1, 0.15) is 0 Å². The number of aliphatic imine (C=N–C) groups is 1. The van der Waals surface area contributed by atoms with Gasteiger partial charge in [0.15, 0.2) is 5.96 Å². The van der Waals surface area contributed by atoms with Crippen LogP contribution in [-0.2, 0) is 22.6 Å². The standard InChI is InChI=1S/C22H34N4O2.HI/c1-23-22(26-14-10-18(11-15-26)21(27)28-2)24-16-19-8-4-5-9-20(19)17-25-12-6-3-7-13-25;/h4-5,8-9,18H,3,6-7,10-17H2,1-2H3,(H,23,24);1H. The Bertz CT molecular complexity index is 669. The van der Waals surface area contributed by atoms with E-state index in [1.807, 2.05) is 7.05 Å². The lowest BCUT2D eigenvalue weighted by atomic mass is 9.97. The maximum absolute atomic E-state index is 11.7. The molecule has 3 rings (SSSR count). The van der Waals surface area contributed by atoms with Crippen LogP contribution in [0, 0.1) is 5.92 Å². The van der Waals surface area contributed by atoms with Crippen LogP contribution >= 0.6 is 24.0 Å². The van der Waals surface area contributed by atoms with Crippen LogP contribution in [0.15, 0.2) is 29.3 Å². The molecule has 2 saturated heterocycles. The number of hydrogen-bond acceptors (Lipinski definition) is 4. The molecule has 7 heteroatoms. The molecule has 0 bridgehead atoms. The van der Waals surface area contributed by atoms with Crippen molar-refractivity contribution in [2.75, 3.05) is 40.3 Å². The van der Waals surface area contributed by atoms with E-state index in [4.69, 9.17) is 4.74 Å². The van der Waals surface area contributed by atoms with Crippen molar-refractivity contribution in [2.45, 2.75) is 45.2 Å². The fourth-order valence-electron chi connectivity index (χ4n) is 4.24. The number of ether oxygens (including phenoxy) is 1. The van der Waals surface area contributed by atoms with Crippen LogP contribution in [0.2, 0.25) is 0 Å². The van der Waals surface area contributed by atoms with E-state index in [2.05, 4.69) is 44.4 Å². The van der Waals surface area contributed by atoms with E-state index < -0.39 is 0 Å². The van der Waals surface area contributed by atoms with Gasteiger partial charge in [0.25, 0.3) is 0 Å². The van der Waals surface area contributed by atoms with E-state index in [1.165, 1.54) is 50.6 Å². The fourth-order valence-corrected chi connectivity index (χ4v) is 4.24. The quantitative estimate of drug-likeness (QED) is 0.283. The van der Waals surface area contributed by atoms with Gasteiger partial charge in [0, 0.05) is 33.2 Å². The first-order chi connectivity index (χ1) is 13.7. The highest BCUT2D eigenvalue weighted by atomic mass is 127. The highest BCUT2D eigenvalue weighted by Gasteiger charge is 2.27. The van der Waals surface area contributed by atoms with Crippen LogP contribution in [0.4, 0.5) is 0 Å². The summed E-state index contributed by atoms with van der Waals surface area (Å²) in [4.78, 5) is 21.0. The molecule has 1 N–H and O–H groups in total. The maximum atomic E-state index is 11.7. The van der Waals surface area contributed by atoms with Gasteiger partial charge in [-0.05, 0) is 49.9 Å². The number of carbonyl (C=O) groups is 1. The van der Waals surface area contributed by atoms with Gasteiger partial charge in [-0.2, -0.15) is 0 Å².